The van der Waals surface area contributed by atoms with Crippen molar-refractivity contribution in [3.63, 3.8) is 0 Å². The van der Waals surface area contributed by atoms with E-state index in [1.807, 2.05) is 0 Å². The monoisotopic (exact) mass is 334 g/mol. The quantitative estimate of drug-likeness (QED) is 0.284. The molecule has 0 radical (unpaired) electrons. The van der Waals surface area contributed by atoms with Gasteiger partial charge < -0.3 is 23.7 Å². The lowest BCUT2D eigenvalue weighted by atomic mass is 10.2. The van der Waals surface area contributed by atoms with Crippen molar-refractivity contribution < 1.29 is 28.5 Å². The Morgan fingerprint density at radius 2 is 1.13 bits per heavy atom. The Hall–Kier alpha value is -0.690. The van der Waals surface area contributed by atoms with Crippen LogP contribution in [0.1, 0.15) is 45.4 Å². The van der Waals surface area contributed by atoms with Crippen LogP contribution in [0.4, 0.5) is 0 Å². The molecule has 23 heavy (non-hydrogen) atoms. The van der Waals surface area contributed by atoms with Crippen molar-refractivity contribution in [2.45, 2.75) is 45.4 Å². The third-order valence-electron chi connectivity index (χ3n) is 3.16. The second-order valence-corrected chi connectivity index (χ2v) is 5.19. The summed E-state index contributed by atoms with van der Waals surface area (Å²) in [4.78, 5) is 10.8. The lowest BCUT2D eigenvalue weighted by Crippen LogP contribution is -2.12. The van der Waals surface area contributed by atoms with Crippen molar-refractivity contribution in [3.05, 3.63) is 0 Å². The topological polar surface area (TPSA) is 63.2 Å². The SMILES string of the molecule is CCCCCCOCCOCCOCCOCCCC(=O)OC. The lowest BCUT2D eigenvalue weighted by Gasteiger charge is -2.07. The predicted molar refractivity (Wildman–Crippen MR) is 88.7 cm³/mol. The number of hydrogen-bond donors (Lipinski definition) is 0. The highest BCUT2D eigenvalue weighted by atomic mass is 16.6. The average Bonchev–Trinajstić information content (AvgIpc) is 2.57. The number of hydrogen-bond acceptors (Lipinski definition) is 6. The summed E-state index contributed by atoms with van der Waals surface area (Å²) in [5.74, 6) is -0.202. The van der Waals surface area contributed by atoms with E-state index in [9.17, 15) is 4.79 Å². The first-order valence-electron chi connectivity index (χ1n) is 8.69. The second kappa shape index (κ2) is 19.4. The van der Waals surface area contributed by atoms with Gasteiger partial charge in [0.1, 0.15) is 0 Å². The summed E-state index contributed by atoms with van der Waals surface area (Å²) in [7, 11) is 1.39. The molecule has 6 heteroatoms. The van der Waals surface area contributed by atoms with Crippen molar-refractivity contribution in [2.24, 2.45) is 0 Å². The molecule has 0 saturated heterocycles. The minimum absolute atomic E-state index is 0.202. The van der Waals surface area contributed by atoms with Crippen LogP contribution < -0.4 is 0 Å². The number of rotatable bonds is 18. The fraction of sp³-hybridized carbons (Fsp3) is 0.941. The van der Waals surface area contributed by atoms with Gasteiger partial charge >= 0.3 is 5.97 Å². The standard InChI is InChI=1S/C17H34O6/c1-3-4-5-6-9-20-11-13-22-15-16-23-14-12-21-10-7-8-17(18)19-2/h3-16H2,1-2H3. The van der Waals surface area contributed by atoms with Crippen LogP contribution in [0, 0.1) is 0 Å². The van der Waals surface area contributed by atoms with Gasteiger partial charge in [-0.2, -0.15) is 0 Å². The summed E-state index contributed by atoms with van der Waals surface area (Å²) in [6, 6.07) is 0. The Morgan fingerprint density at radius 1 is 0.652 bits per heavy atom. The first-order valence-corrected chi connectivity index (χ1v) is 8.69. The third kappa shape index (κ3) is 19.3. The first kappa shape index (κ1) is 22.3. The average molecular weight is 334 g/mol. The van der Waals surface area contributed by atoms with Gasteiger partial charge in [-0.3, -0.25) is 4.79 Å². The fourth-order valence-electron chi connectivity index (χ4n) is 1.81. The zero-order valence-corrected chi connectivity index (χ0v) is 14.8. The molecular formula is C17H34O6. The highest BCUT2D eigenvalue weighted by Gasteiger charge is 1.99. The maximum absolute atomic E-state index is 10.8. The van der Waals surface area contributed by atoms with Crippen LogP contribution in [0.15, 0.2) is 0 Å². The van der Waals surface area contributed by atoms with E-state index >= 15 is 0 Å². The molecule has 0 aromatic carbocycles. The summed E-state index contributed by atoms with van der Waals surface area (Å²) in [5.41, 5.74) is 0. The first-order chi connectivity index (χ1) is 11.3. The van der Waals surface area contributed by atoms with E-state index in [-0.39, 0.29) is 5.97 Å². The molecule has 6 nitrogen and oxygen atoms in total. The van der Waals surface area contributed by atoms with Crippen LogP contribution in [-0.4, -0.2) is 65.9 Å². The zero-order chi connectivity index (χ0) is 17.0. The highest BCUT2D eigenvalue weighted by molar-refractivity contribution is 5.68. The minimum Gasteiger partial charge on any atom is -0.469 e. The Balaban J connectivity index is 2.99. The molecule has 0 rings (SSSR count). The summed E-state index contributed by atoms with van der Waals surface area (Å²) >= 11 is 0. The van der Waals surface area contributed by atoms with Gasteiger partial charge in [-0.1, -0.05) is 26.2 Å². The van der Waals surface area contributed by atoms with Crippen LogP contribution in [0.3, 0.4) is 0 Å². The molecule has 0 amide bonds. The van der Waals surface area contributed by atoms with E-state index in [1.165, 1.54) is 26.4 Å². The molecule has 0 spiro atoms. The Kier molecular flexibility index (Phi) is 18.8. The van der Waals surface area contributed by atoms with E-state index in [4.69, 9.17) is 18.9 Å². The molecule has 0 fully saturated rings. The Bertz CT molecular complexity index is 247. The number of ether oxygens (including phenoxy) is 5. The molecule has 0 N–H and O–H groups in total. The molecule has 0 atom stereocenters. The van der Waals surface area contributed by atoms with Crippen molar-refractivity contribution >= 4 is 5.97 Å². The van der Waals surface area contributed by atoms with Gasteiger partial charge in [0.2, 0.25) is 0 Å². The summed E-state index contributed by atoms with van der Waals surface area (Å²) in [6.45, 7) is 7.03. The summed E-state index contributed by atoms with van der Waals surface area (Å²) in [5, 5.41) is 0. The van der Waals surface area contributed by atoms with Crippen molar-refractivity contribution in [1.29, 1.82) is 0 Å². The fourth-order valence-corrected chi connectivity index (χ4v) is 1.81. The molecular weight excluding hydrogens is 300 g/mol. The van der Waals surface area contributed by atoms with Gasteiger partial charge in [-0.05, 0) is 12.8 Å². The van der Waals surface area contributed by atoms with Crippen LogP contribution in [0.5, 0.6) is 0 Å². The van der Waals surface area contributed by atoms with Gasteiger partial charge in [0.05, 0.1) is 46.8 Å². The maximum Gasteiger partial charge on any atom is 0.305 e. The smallest absolute Gasteiger partial charge is 0.305 e. The van der Waals surface area contributed by atoms with E-state index < -0.39 is 0 Å². The van der Waals surface area contributed by atoms with Crippen LogP contribution in [-0.2, 0) is 28.5 Å². The number of methoxy groups -OCH3 is 1. The molecule has 0 saturated carbocycles. The van der Waals surface area contributed by atoms with Gasteiger partial charge in [0.25, 0.3) is 0 Å². The lowest BCUT2D eigenvalue weighted by molar-refractivity contribution is -0.141. The number of unbranched alkanes of at least 4 members (excludes halogenated alkanes) is 3. The molecule has 0 aromatic rings. The molecule has 0 bridgehead atoms. The van der Waals surface area contributed by atoms with E-state index in [0.717, 1.165) is 13.0 Å². The molecule has 0 aliphatic rings. The largest absolute Gasteiger partial charge is 0.469 e. The molecule has 0 aliphatic heterocycles. The van der Waals surface area contributed by atoms with E-state index in [2.05, 4.69) is 11.7 Å². The molecule has 0 heterocycles. The summed E-state index contributed by atoms with van der Waals surface area (Å²) < 4.78 is 26.1. The zero-order valence-electron chi connectivity index (χ0n) is 14.8. The van der Waals surface area contributed by atoms with Gasteiger partial charge in [0.15, 0.2) is 0 Å². The van der Waals surface area contributed by atoms with Crippen molar-refractivity contribution in [2.75, 3.05) is 60.0 Å². The highest BCUT2D eigenvalue weighted by Crippen LogP contribution is 1.98. The minimum atomic E-state index is -0.202. The molecule has 0 aromatic heterocycles. The van der Waals surface area contributed by atoms with Gasteiger partial charge in [0, 0.05) is 19.6 Å². The molecule has 138 valence electrons. The normalized spacial score (nSPS) is 10.9. The second-order valence-electron chi connectivity index (χ2n) is 5.19. The van der Waals surface area contributed by atoms with Gasteiger partial charge in [-0.25, -0.2) is 0 Å². The Labute approximate surface area is 140 Å². The van der Waals surface area contributed by atoms with Crippen molar-refractivity contribution in [1.82, 2.24) is 0 Å². The number of carbonyl (C=O) groups excluding carboxylic acids is 1. The molecule has 0 unspecified atom stereocenters. The summed E-state index contributed by atoms with van der Waals surface area (Å²) in [6.07, 6.45) is 5.99. The van der Waals surface area contributed by atoms with E-state index in [0.29, 0.717) is 59.1 Å². The van der Waals surface area contributed by atoms with Gasteiger partial charge in [-0.15, -0.1) is 0 Å². The van der Waals surface area contributed by atoms with Crippen LogP contribution in [0.25, 0.3) is 0 Å². The maximum atomic E-state index is 10.8. The predicted octanol–water partition coefficient (Wildman–Crippen LogP) is 2.59. The number of esters is 1. The molecule has 0 aliphatic carbocycles. The van der Waals surface area contributed by atoms with Crippen LogP contribution >= 0.6 is 0 Å². The van der Waals surface area contributed by atoms with Crippen molar-refractivity contribution in [3.8, 4) is 0 Å². The Morgan fingerprint density at radius 3 is 1.61 bits per heavy atom. The van der Waals surface area contributed by atoms with Crippen LogP contribution in [0.2, 0.25) is 0 Å². The third-order valence-corrected chi connectivity index (χ3v) is 3.16. The number of carbonyl (C=O) groups is 1. The van der Waals surface area contributed by atoms with E-state index in [1.54, 1.807) is 0 Å².